The molecule has 4 nitrogen and oxygen atoms in total. The van der Waals surface area contributed by atoms with Crippen LogP contribution < -0.4 is 4.74 Å². The van der Waals surface area contributed by atoms with E-state index in [0.29, 0.717) is 21.9 Å². The first-order valence-corrected chi connectivity index (χ1v) is 6.26. The Morgan fingerprint density at radius 2 is 2.22 bits per heavy atom. The van der Waals surface area contributed by atoms with E-state index in [1.807, 2.05) is 13.8 Å². The summed E-state index contributed by atoms with van der Waals surface area (Å²) in [5.74, 6) is 1.44. The SMILES string of the molecule is CC(C)c1nc(COc2ccc(F)cc2Br)no1. The molecule has 0 fully saturated rings. The maximum atomic E-state index is 12.9. The molecule has 0 spiro atoms. The molecule has 18 heavy (non-hydrogen) atoms. The van der Waals surface area contributed by atoms with Gasteiger partial charge in [0, 0.05) is 5.92 Å². The molecule has 1 aromatic heterocycles. The van der Waals surface area contributed by atoms with Gasteiger partial charge in [0.15, 0.2) is 6.61 Å². The van der Waals surface area contributed by atoms with Crippen molar-refractivity contribution < 1.29 is 13.7 Å². The minimum atomic E-state index is -0.323. The third kappa shape index (κ3) is 3.07. The van der Waals surface area contributed by atoms with Crippen LogP contribution in [0.3, 0.4) is 0 Å². The molecule has 0 bridgehead atoms. The normalized spacial score (nSPS) is 10.9. The lowest BCUT2D eigenvalue weighted by atomic mass is 10.2. The van der Waals surface area contributed by atoms with Gasteiger partial charge in [-0.3, -0.25) is 0 Å². The zero-order valence-corrected chi connectivity index (χ0v) is 11.6. The molecule has 0 atom stereocenters. The van der Waals surface area contributed by atoms with Crippen LogP contribution >= 0.6 is 15.9 Å². The Labute approximate surface area is 112 Å². The standard InChI is InChI=1S/C12H12BrFN2O2/c1-7(2)12-15-11(16-18-12)6-17-10-4-3-8(14)5-9(10)13/h3-5,7H,6H2,1-2H3. The molecule has 0 radical (unpaired) electrons. The molecule has 0 aliphatic carbocycles. The lowest BCUT2D eigenvalue weighted by Crippen LogP contribution is -1.99. The van der Waals surface area contributed by atoms with Gasteiger partial charge in [-0.05, 0) is 34.1 Å². The number of ether oxygens (including phenoxy) is 1. The lowest BCUT2D eigenvalue weighted by molar-refractivity contribution is 0.282. The first-order chi connectivity index (χ1) is 8.56. The summed E-state index contributed by atoms with van der Waals surface area (Å²) in [5, 5.41) is 3.80. The van der Waals surface area contributed by atoms with Gasteiger partial charge >= 0.3 is 0 Å². The van der Waals surface area contributed by atoms with E-state index in [4.69, 9.17) is 9.26 Å². The summed E-state index contributed by atoms with van der Waals surface area (Å²) >= 11 is 3.22. The van der Waals surface area contributed by atoms with Crippen molar-refractivity contribution in [2.75, 3.05) is 0 Å². The second kappa shape index (κ2) is 5.48. The average molecular weight is 315 g/mol. The molecule has 2 rings (SSSR count). The molecule has 0 saturated heterocycles. The topological polar surface area (TPSA) is 48.2 Å². The highest BCUT2D eigenvalue weighted by molar-refractivity contribution is 9.10. The summed E-state index contributed by atoms with van der Waals surface area (Å²) < 4.78 is 24.0. The monoisotopic (exact) mass is 314 g/mol. The van der Waals surface area contributed by atoms with Crippen LogP contribution in [0.25, 0.3) is 0 Å². The van der Waals surface area contributed by atoms with Crippen molar-refractivity contribution in [3.8, 4) is 5.75 Å². The van der Waals surface area contributed by atoms with Crippen LogP contribution in [0.4, 0.5) is 4.39 Å². The molecule has 0 saturated carbocycles. The van der Waals surface area contributed by atoms with Crippen molar-refractivity contribution in [3.05, 3.63) is 40.2 Å². The smallest absolute Gasteiger partial charge is 0.229 e. The minimum absolute atomic E-state index is 0.181. The Balaban J connectivity index is 2.02. The summed E-state index contributed by atoms with van der Waals surface area (Å²) in [7, 11) is 0. The predicted molar refractivity (Wildman–Crippen MR) is 66.8 cm³/mol. The summed E-state index contributed by atoms with van der Waals surface area (Å²) in [4.78, 5) is 4.18. The number of halogens is 2. The maximum Gasteiger partial charge on any atom is 0.229 e. The van der Waals surface area contributed by atoms with Crippen LogP contribution in [-0.4, -0.2) is 10.1 Å². The molecule has 1 heterocycles. The summed E-state index contributed by atoms with van der Waals surface area (Å²) in [6.45, 7) is 4.11. The quantitative estimate of drug-likeness (QED) is 0.863. The lowest BCUT2D eigenvalue weighted by Gasteiger charge is -2.05. The number of rotatable bonds is 4. The van der Waals surface area contributed by atoms with E-state index in [1.54, 1.807) is 6.07 Å². The minimum Gasteiger partial charge on any atom is -0.484 e. The second-order valence-corrected chi connectivity index (χ2v) is 4.92. The second-order valence-electron chi connectivity index (χ2n) is 4.07. The van der Waals surface area contributed by atoms with Crippen molar-refractivity contribution in [2.45, 2.75) is 26.4 Å². The third-order valence-corrected chi connectivity index (χ3v) is 2.85. The van der Waals surface area contributed by atoms with Crippen molar-refractivity contribution >= 4 is 15.9 Å². The highest BCUT2D eigenvalue weighted by Gasteiger charge is 2.11. The Morgan fingerprint density at radius 1 is 1.44 bits per heavy atom. The molecule has 2 aromatic rings. The number of benzene rings is 1. The average Bonchev–Trinajstić information content (AvgIpc) is 2.76. The fourth-order valence-electron chi connectivity index (χ4n) is 1.30. The molecule has 0 unspecified atom stereocenters. The van der Waals surface area contributed by atoms with Crippen LogP contribution in [-0.2, 0) is 6.61 Å². The summed E-state index contributed by atoms with van der Waals surface area (Å²) in [6.07, 6.45) is 0. The fourth-order valence-corrected chi connectivity index (χ4v) is 1.76. The molecule has 0 N–H and O–H groups in total. The number of aromatic nitrogens is 2. The Hall–Kier alpha value is -1.43. The number of hydrogen-bond donors (Lipinski definition) is 0. The Bertz CT molecular complexity index is 543. The zero-order chi connectivity index (χ0) is 13.1. The first-order valence-electron chi connectivity index (χ1n) is 5.46. The third-order valence-electron chi connectivity index (χ3n) is 2.23. The van der Waals surface area contributed by atoms with Crippen LogP contribution in [0.5, 0.6) is 5.75 Å². The molecule has 6 heteroatoms. The Kier molecular flexibility index (Phi) is 3.96. The summed E-state index contributed by atoms with van der Waals surface area (Å²) in [5.41, 5.74) is 0. The van der Waals surface area contributed by atoms with Gasteiger partial charge in [-0.25, -0.2) is 4.39 Å². The van der Waals surface area contributed by atoms with E-state index in [-0.39, 0.29) is 18.3 Å². The van der Waals surface area contributed by atoms with Crippen LogP contribution in [0.1, 0.15) is 31.5 Å². The van der Waals surface area contributed by atoms with Crippen LogP contribution in [0.15, 0.2) is 27.2 Å². The van der Waals surface area contributed by atoms with Gasteiger partial charge in [-0.15, -0.1) is 0 Å². The summed E-state index contributed by atoms with van der Waals surface area (Å²) in [6, 6.07) is 4.21. The van der Waals surface area contributed by atoms with E-state index in [1.165, 1.54) is 12.1 Å². The Morgan fingerprint density at radius 3 is 2.83 bits per heavy atom. The predicted octanol–water partition coefficient (Wildman–Crippen LogP) is 3.67. The van der Waals surface area contributed by atoms with Gasteiger partial charge in [0.25, 0.3) is 0 Å². The highest BCUT2D eigenvalue weighted by atomic mass is 79.9. The van der Waals surface area contributed by atoms with Gasteiger partial charge in [-0.1, -0.05) is 19.0 Å². The molecule has 1 aromatic carbocycles. The molecular weight excluding hydrogens is 303 g/mol. The van der Waals surface area contributed by atoms with Gasteiger partial charge < -0.3 is 9.26 Å². The van der Waals surface area contributed by atoms with Gasteiger partial charge in [0.05, 0.1) is 4.47 Å². The van der Waals surface area contributed by atoms with E-state index >= 15 is 0 Å². The van der Waals surface area contributed by atoms with E-state index in [0.717, 1.165) is 0 Å². The van der Waals surface area contributed by atoms with Crippen molar-refractivity contribution in [2.24, 2.45) is 0 Å². The van der Waals surface area contributed by atoms with Crippen molar-refractivity contribution in [1.29, 1.82) is 0 Å². The largest absolute Gasteiger partial charge is 0.484 e. The zero-order valence-electron chi connectivity index (χ0n) is 9.98. The first kappa shape index (κ1) is 13.0. The van der Waals surface area contributed by atoms with Crippen molar-refractivity contribution in [1.82, 2.24) is 10.1 Å². The van der Waals surface area contributed by atoms with Gasteiger partial charge in [0.1, 0.15) is 11.6 Å². The van der Waals surface area contributed by atoms with E-state index in [9.17, 15) is 4.39 Å². The molecule has 96 valence electrons. The van der Waals surface area contributed by atoms with Crippen molar-refractivity contribution in [3.63, 3.8) is 0 Å². The highest BCUT2D eigenvalue weighted by Crippen LogP contribution is 2.26. The van der Waals surface area contributed by atoms with Gasteiger partial charge in [-0.2, -0.15) is 4.98 Å². The van der Waals surface area contributed by atoms with E-state index in [2.05, 4.69) is 26.1 Å². The maximum absolute atomic E-state index is 12.9. The molecule has 0 aliphatic rings. The molecular formula is C12H12BrFN2O2. The van der Waals surface area contributed by atoms with Crippen LogP contribution in [0.2, 0.25) is 0 Å². The van der Waals surface area contributed by atoms with E-state index < -0.39 is 0 Å². The molecule has 0 amide bonds. The number of nitrogens with zero attached hydrogens (tertiary/aromatic N) is 2. The number of hydrogen-bond acceptors (Lipinski definition) is 4. The molecule has 0 aliphatic heterocycles. The van der Waals surface area contributed by atoms with Crippen LogP contribution in [0, 0.1) is 5.82 Å². The van der Waals surface area contributed by atoms with Gasteiger partial charge in [0.2, 0.25) is 11.7 Å². The fraction of sp³-hybridized carbons (Fsp3) is 0.333.